The van der Waals surface area contributed by atoms with Gasteiger partial charge in [-0.05, 0) is 37.1 Å². The molecule has 3 N–H and O–H groups in total. The van der Waals surface area contributed by atoms with Crippen LogP contribution in [0, 0.1) is 11.3 Å². The molecular formula is C13H26N2O. The lowest BCUT2D eigenvalue weighted by Crippen LogP contribution is -2.28. The molecule has 0 aromatic heterocycles. The van der Waals surface area contributed by atoms with Gasteiger partial charge in [-0.3, -0.25) is 4.79 Å². The van der Waals surface area contributed by atoms with Crippen LogP contribution in [0.25, 0.3) is 0 Å². The maximum absolute atomic E-state index is 11.7. The van der Waals surface area contributed by atoms with Gasteiger partial charge in [0.2, 0.25) is 5.91 Å². The van der Waals surface area contributed by atoms with Crippen LogP contribution in [0.1, 0.15) is 52.9 Å². The van der Waals surface area contributed by atoms with Gasteiger partial charge in [0.1, 0.15) is 0 Å². The Hall–Kier alpha value is -0.570. The number of nitrogens with two attached hydrogens (primary N) is 1. The Labute approximate surface area is 99.2 Å². The van der Waals surface area contributed by atoms with Crippen LogP contribution < -0.4 is 11.1 Å². The number of hydrogen-bond acceptors (Lipinski definition) is 2. The van der Waals surface area contributed by atoms with Crippen molar-refractivity contribution < 1.29 is 4.79 Å². The van der Waals surface area contributed by atoms with Crippen molar-refractivity contribution >= 4 is 5.91 Å². The van der Waals surface area contributed by atoms with E-state index in [4.69, 9.17) is 5.73 Å². The molecule has 0 aromatic carbocycles. The van der Waals surface area contributed by atoms with Crippen molar-refractivity contribution in [2.45, 2.75) is 58.9 Å². The summed E-state index contributed by atoms with van der Waals surface area (Å²) in [5.74, 6) is 0.951. The lowest BCUT2D eigenvalue weighted by Gasteiger charge is -2.23. The van der Waals surface area contributed by atoms with Crippen molar-refractivity contribution in [3.63, 3.8) is 0 Å². The fourth-order valence-electron chi connectivity index (χ4n) is 2.12. The molecule has 1 aliphatic carbocycles. The zero-order valence-corrected chi connectivity index (χ0v) is 10.9. The molecule has 3 heteroatoms. The number of carbonyl (C=O) groups is 1. The summed E-state index contributed by atoms with van der Waals surface area (Å²) in [4.78, 5) is 11.7. The Morgan fingerprint density at radius 3 is 2.62 bits per heavy atom. The highest BCUT2D eigenvalue weighted by molar-refractivity contribution is 5.76. The first-order valence-corrected chi connectivity index (χ1v) is 6.48. The number of hydrogen-bond donors (Lipinski definition) is 2. The largest absolute Gasteiger partial charge is 0.353 e. The highest BCUT2D eigenvalue weighted by atomic mass is 16.1. The van der Waals surface area contributed by atoms with Crippen molar-refractivity contribution in [2.24, 2.45) is 17.1 Å². The lowest BCUT2D eigenvalue weighted by atomic mass is 9.84. The molecule has 1 aliphatic rings. The highest BCUT2D eigenvalue weighted by Gasteiger charge is 2.36. The summed E-state index contributed by atoms with van der Waals surface area (Å²) in [5, 5.41) is 3.10. The molecule has 0 spiro atoms. The second-order valence-corrected chi connectivity index (χ2v) is 5.78. The van der Waals surface area contributed by atoms with E-state index in [2.05, 4.69) is 26.1 Å². The summed E-state index contributed by atoms with van der Waals surface area (Å²) >= 11 is 0. The third-order valence-electron chi connectivity index (χ3n) is 3.64. The topological polar surface area (TPSA) is 55.1 Å². The molecular weight excluding hydrogens is 200 g/mol. The van der Waals surface area contributed by atoms with Crippen LogP contribution in [-0.4, -0.2) is 18.5 Å². The van der Waals surface area contributed by atoms with E-state index in [9.17, 15) is 4.79 Å². The third kappa shape index (κ3) is 4.52. The molecule has 0 bridgehead atoms. The van der Waals surface area contributed by atoms with E-state index in [1.807, 2.05) is 0 Å². The predicted octanol–water partition coefficient (Wildman–Crippen LogP) is 2.06. The predicted molar refractivity (Wildman–Crippen MR) is 67.0 cm³/mol. The van der Waals surface area contributed by atoms with Crippen LogP contribution >= 0.6 is 0 Å². The standard InChI is InChI=1S/C13H26N2O/c1-4-10-9-11(10)15-12(16)5-6-13(2,3)7-8-14/h10-11H,4-9,14H2,1-3H3,(H,15,16). The molecule has 1 fully saturated rings. The minimum Gasteiger partial charge on any atom is -0.353 e. The smallest absolute Gasteiger partial charge is 0.220 e. The van der Waals surface area contributed by atoms with Gasteiger partial charge in [-0.1, -0.05) is 27.2 Å². The van der Waals surface area contributed by atoms with Crippen molar-refractivity contribution in [2.75, 3.05) is 6.54 Å². The molecule has 0 saturated heterocycles. The molecule has 0 aromatic rings. The van der Waals surface area contributed by atoms with Crippen LogP contribution in [0.5, 0.6) is 0 Å². The molecule has 0 aliphatic heterocycles. The van der Waals surface area contributed by atoms with Crippen LogP contribution in [-0.2, 0) is 4.79 Å². The zero-order valence-electron chi connectivity index (χ0n) is 10.9. The third-order valence-corrected chi connectivity index (χ3v) is 3.64. The Bertz CT molecular complexity index is 238. The maximum atomic E-state index is 11.7. The number of carbonyl (C=O) groups excluding carboxylic acids is 1. The van der Waals surface area contributed by atoms with E-state index in [1.165, 1.54) is 12.8 Å². The van der Waals surface area contributed by atoms with Gasteiger partial charge in [0.15, 0.2) is 0 Å². The molecule has 1 rings (SSSR count). The lowest BCUT2D eigenvalue weighted by molar-refractivity contribution is -0.121. The molecule has 2 unspecified atom stereocenters. The SMILES string of the molecule is CCC1CC1NC(=O)CCC(C)(C)CCN. The molecule has 94 valence electrons. The Morgan fingerprint density at radius 1 is 1.44 bits per heavy atom. The summed E-state index contributed by atoms with van der Waals surface area (Å²) < 4.78 is 0. The molecule has 16 heavy (non-hydrogen) atoms. The minimum absolute atomic E-state index is 0.194. The van der Waals surface area contributed by atoms with Gasteiger partial charge in [-0.2, -0.15) is 0 Å². The Morgan fingerprint density at radius 2 is 2.12 bits per heavy atom. The summed E-state index contributed by atoms with van der Waals surface area (Å²) in [6, 6.07) is 0.468. The first kappa shape index (κ1) is 13.5. The number of amides is 1. The van der Waals surface area contributed by atoms with Gasteiger partial charge in [0.25, 0.3) is 0 Å². The number of rotatable bonds is 7. The molecule has 1 saturated carbocycles. The first-order chi connectivity index (χ1) is 7.48. The summed E-state index contributed by atoms with van der Waals surface area (Å²) in [6.07, 6.45) is 4.92. The fourth-order valence-corrected chi connectivity index (χ4v) is 2.12. The van der Waals surface area contributed by atoms with Crippen LogP contribution in [0.3, 0.4) is 0 Å². The van der Waals surface area contributed by atoms with E-state index in [0.29, 0.717) is 19.0 Å². The van der Waals surface area contributed by atoms with E-state index >= 15 is 0 Å². The van der Waals surface area contributed by atoms with Crippen molar-refractivity contribution in [3.05, 3.63) is 0 Å². The molecule has 1 amide bonds. The molecule has 0 heterocycles. The van der Waals surface area contributed by atoms with E-state index in [0.717, 1.165) is 18.8 Å². The summed E-state index contributed by atoms with van der Waals surface area (Å²) in [6.45, 7) is 7.24. The van der Waals surface area contributed by atoms with E-state index in [1.54, 1.807) is 0 Å². The zero-order chi connectivity index (χ0) is 12.2. The quantitative estimate of drug-likeness (QED) is 0.698. The van der Waals surface area contributed by atoms with Gasteiger partial charge < -0.3 is 11.1 Å². The van der Waals surface area contributed by atoms with Crippen LogP contribution in [0.15, 0.2) is 0 Å². The molecule has 0 radical (unpaired) electrons. The van der Waals surface area contributed by atoms with Crippen molar-refractivity contribution in [1.29, 1.82) is 0 Å². The maximum Gasteiger partial charge on any atom is 0.220 e. The minimum atomic E-state index is 0.194. The van der Waals surface area contributed by atoms with Crippen molar-refractivity contribution in [3.8, 4) is 0 Å². The van der Waals surface area contributed by atoms with E-state index < -0.39 is 0 Å². The van der Waals surface area contributed by atoms with Crippen LogP contribution in [0.2, 0.25) is 0 Å². The van der Waals surface area contributed by atoms with Gasteiger partial charge in [0, 0.05) is 12.5 Å². The Balaban J connectivity index is 2.15. The van der Waals surface area contributed by atoms with Gasteiger partial charge >= 0.3 is 0 Å². The van der Waals surface area contributed by atoms with Crippen LogP contribution in [0.4, 0.5) is 0 Å². The van der Waals surface area contributed by atoms with Gasteiger partial charge in [-0.25, -0.2) is 0 Å². The second-order valence-electron chi connectivity index (χ2n) is 5.78. The number of nitrogens with one attached hydrogen (secondary N) is 1. The summed E-state index contributed by atoms with van der Waals surface area (Å²) in [7, 11) is 0. The summed E-state index contributed by atoms with van der Waals surface area (Å²) in [5.41, 5.74) is 5.74. The van der Waals surface area contributed by atoms with Crippen molar-refractivity contribution in [1.82, 2.24) is 5.32 Å². The highest BCUT2D eigenvalue weighted by Crippen LogP contribution is 2.33. The van der Waals surface area contributed by atoms with Gasteiger partial charge in [0.05, 0.1) is 0 Å². The Kier molecular flexibility index (Phi) is 4.78. The van der Waals surface area contributed by atoms with E-state index in [-0.39, 0.29) is 11.3 Å². The normalized spacial score (nSPS) is 24.2. The first-order valence-electron chi connectivity index (χ1n) is 6.48. The average molecular weight is 226 g/mol. The monoisotopic (exact) mass is 226 g/mol. The molecule has 2 atom stereocenters. The molecule has 3 nitrogen and oxygen atoms in total. The average Bonchev–Trinajstić information content (AvgIpc) is 2.94. The fraction of sp³-hybridized carbons (Fsp3) is 0.923. The van der Waals surface area contributed by atoms with Gasteiger partial charge in [-0.15, -0.1) is 0 Å². The second kappa shape index (κ2) is 5.67.